The van der Waals surface area contributed by atoms with Crippen LogP contribution in [0.3, 0.4) is 0 Å². The van der Waals surface area contributed by atoms with E-state index in [0.29, 0.717) is 41.2 Å². The maximum Gasteiger partial charge on any atom is 0.338 e. The fourth-order valence-electron chi connectivity index (χ4n) is 3.48. The summed E-state index contributed by atoms with van der Waals surface area (Å²) in [5.74, 6) is -1.11. The number of pyridine rings is 1. The first-order chi connectivity index (χ1) is 15.8. The van der Waals surface area contributed by atoms with Gasteiger partial charge < -0.3 is 19.7 Å². The average molecular weight is 451 g/mol. The van der Waals surface area contributed by atoms with Crippen molar-refractivity contribution in [3.63, 3.8) is 0 Å². The van der Waals surface area contributed by atoms with Crippen LogP contribution in [0.5, 0.6) is 5.75 Å². The number of unbranched alkanes of at least 4 members (excludes halogenated alkanes) is 1. The van der Waals surface area contributed by atoms with E-state index in [1.54, 1.807) is 53.1 Å². The standard InChI is InChI=1S/C26H30N2O5/c1-4-5-16-33-26(32)18-10-12-19(13-11-18)27-24(30)22-23(29)20-8-6-7-9-21(20)28(25(22)31)15-14-17(2)3/h6-13,17,29H,4-5,14-16H2,1-3H3,(H,27,30). The Morgan fingerprint density at radius 1 is 1.09 bits per heavy atom. The highest BCUT2D eigenvalue weighted by atomic mass is 16.5. The number of amides is 1. The number of rotatable bonds is 9. The number of hydrogen-bond donors (Lipinski definition) is 2. The van der Waals surface area contributed by atoms with Crippen LogP contribution in [0.2, 0.25) is 0 Å². The topological polar surface area (TPSA) is 97.6 Å². The third-order valence-corrected chi connectivity index (χ3v) is 5.41. The Labute approximate surface area is 193 Å². The normalized spacial score (nSPS) is 11.0. The van der Waals surface area contributed by atoms with E-state index >= 15 is 0 Å². The Morgan fingerprint density at radius 2 is 1.79 bits per heavy atom. The summed E-state index contributed by atoms with van der Waals surface area (Å²) in [6.07, 6.45) is 2.48. The Kier molecular flexibility index (Phi) is 7.87. The van der Waals surface area contributed by atoms with Crippen molar-refractivity contribution in [2.75, 3.05) is 11.9 Å². The molecule has 0 fully saturated rings. The summed E-state index contributed by atoms with van der Waals surface area (Å²) in [5, 5.41) is 13.9. The molecule has 2 aromatic carbocycles. The molecule has 3 rings (SSSR count). The highest BCUT2D eigenvalue weighted by molar-refractivity contribution is 6.09. The van der Waals surface area contributed by atoms with E-state index in [1.165, 1.54) is 0 Å². The van der Waals surface area contributed by atoms with Crippen LogP contribution in [0, 0.1) is 5.92 Å². The van der Waals surface area contributed by atoms with Gasteiger partial charge in [0.15, 0.2) is 0 Å². The molecule has 7 nitrogen and oxygen atoms in total. The van der Waals surface area contributed by atoms with Crippen LogP contribution in [0.25, 0.3) is 10.9 Å². The van der Waals surface area contributed by atoms with Crippen LogP contribution < -0.4 is 10.9 Å². The van der Waals surface area contributed by atoms with E-state index in [1.807, 2.05) is 6.92 Å². The molecule has 7 heteroatoms. The van der Waals surface area contributed by atoms with Crippen molar-refractivity contribution in [3.8, 4) is 5.75 Å². The fraction of sp³-hybridized carbons (Fsp3) is 0.346. The molecule has 174 valence electrons. The van der Waals surface area contributed by atoms with Crippen molar-refractivity contribution in [1.29, 1.82) is 0 Å². The molecule has 33 heavy (non-hydrogen) atoms. The lowest BCUT2D eigenvalue weighted by Crippen LogP contribution is -2.30. The largest absolute Gasteiger partial charge is 0.506 e. The Bertz CT molecular complexity index is 1200. The SMILES string of the molecule is CCCCOC(=O)c1ccc(NC(=O)c2c(O)c3ccccc3n(CCC(C)C)c2=O)cc1. The summed E-state index contributed by atoms with van der Waals surface area (Å²) < 4.78 is 6.72. The van der Waals surface area contributed by atoms with Crippen molar-refractivity contribution >= 4 is 28.5 Å². The molecule has 0 aliphatic rings. The number of hydrogen-bond acceptors (Lipinski definition) is 5. The van der Waals surface area contributed by atoms with Crippen LogP contribution in [-0.4, -0.2) is 28.2 Å². The molecule has 0 bridgehead atoms. The van der Waals surface area contributed by atoms with Crippen LogP contribution in [0.15, 0.2) is 53.3 Å². The zero-order chi connectivity index (χ0) is 24.0. The van der Waals surface area contributed by atoms with E-state index in [9.17, 15) is 19.5 Å². The van der Waals surface area contributed by atoms with Gasteiger partial charge in [0.25, 0.3) is 11.5 Å². The van der Waals surface area contributed by atoms with Crippen LogP contribution in [0.1, 0.15) is 60.7 Å². The number of aromatic hydroxyl groups is 1. The first-order valence-corrected chi connectivity index (χ1v) is 11.3. The molecule has 1 heterocycles. The quantitative estimate of drug-likeness (QED) is 0.355. The summed E-state index contributed by atoms with van der Waals surface area (Å²) in [6, 6.07) is 13.2. The van der Waals surface area contributed by atoms with Crippen molar-refractivity contribution in [1.82, 2.24) is 4.57 Å². The second-order valence-corrected chi connectivity index (χ2v) is 8.40. The van der Waals surface area contributed by atoms with Gasteiger partial charge in [0.05, 0.1) is 17.7 Å². The number of nitrogens with one attached hydrogen (secondary N) is 1. The van der Waals surface area contributed by atoms with Crippen molar-refractivity contribution in [2.24, 2.45) is 5.92 Å². The Balaban J connectivity index is 1.88. The molecule has 1 aromatic heterocycles. The van der Waals surface area contributed by atoms with E-state index in [0.717, 1.165) is 19.3 Å². The lowest BCUT2D eigenvalue weighted by Gasteiger charge is -2.16. The number of ether oxygens (including phenoxy) is 1. The lowest BCUT2D eigenvalue weighted by atomic mass is 10.1. The average Bonchev–Trinajstić information content (AvgIpc) is 2.79. The van der Waals surface area contributed by atoms with Gasteiger partial charge >= 0.3 is 5.97 Å². The summed E-state index contributed by atoms with van der Waals surface area (Å²) >= 11 is 0. The molecule has 0 aliphatic heterocycles. The first kappa shape index (κ1) is 24.0. The number of carbonyl (C=O) groups excluding carboxylic acids is 2. The monoisotopic (exact) mass is 450 g/mol. The predicted molar refractivity (Wildman–Crippen MR) is 129 cm³/mol. The van der Waals surface area contributed by atoms with Gasteiger partial charge in [-0.15, -0.1) is 0 Å². The molecule has 2 N–H and O–H groups in total. The lowest BCUT2D eigenvalue weighted by molar-refractivity contribution is 0.0499. The number of esters is 1. The number of aryl methyl sites for hydroxylation is 1. The molecule has 0 saturated carbocycles. The van der Waals surface area contributed by atoms with Gasteiger partial charge in [0, 0.05) is 17.6 Å². The zero-order valence-corrected chi connectivity index (χ0v) is 19.3. The third kappa shape index (κ3) is 5.61. The second-order valence-electron chi connectivity index (χ2n) is 8.40. The number of para-hydroxylation sites is 1. The van der Waals surface area contributed by atoms with Crippen LogP contribution >= 0.6 is 0 Å². The molecule has 0 radical (unpaired) electrons. The number of aromatic nitrogens is 1. The van der Waals surface area contributed by atoms with Crippen LogP contribution in [-0.2, 0) is 11.3 Å². The fourth-order valence-corrected chi connectivity index (χ4v) is 3.48. The highest BCUT2D eigenvalue weighted by Gasteiger charge is 2.22. The summed E-state index contributed by atoms with van der Waals surface area (Å²) in [5.41, 5.74) is 0.503. The van der Waals surface area contributed by atoms with E-state index in [4.69, 9.17) is 4.74 Å². The maximum absolute atomic E-state index is 13.2. The molecule has 0 atom stereocenters. The molecule has 3 aromatic rings. The number of nitrogens with zero attached hydrogens (tertiary/aromatic N) is 1. The predicted octanol–water partition coefficient (Wildman–Crippen LogP) is 4.96. The Hall–Kier alpha value is -3.61. The second kappa shape index (κ2) is 10.8. The minimum absolute atomic E-state index is 0.305. The number of carbonyl (C=O) groups is 2. The van der Waals surface area contributed by atoms with Gasteiger partial charge in [-0.05, 0) is 55.2 Å². The zero-order valence-electron chi connectivity index (χ0n) is 19.3. The minimum Gasteiger partial charge on any atom is -0.506 e. The van der Waals surface area contributed by atoms with E-state index < -0.39 is 17.4 Å². The molecule has 0 saturated heterocycles. The molecule has 1 amide bonds. The molecular formula is C26H30N2O5. The van der Waals surface area contributed by atoms with Gasteiger partial charge in [-0.3, -0.25) is 9.59 Å². The Morgan fingerprint density at radius 3 is 2.45 bits per heavy atom. The summed E-state index contributed by atoms with van der Waals surface area (Å²) in [6.45, 7) is 6.93. The van der Waals surface area contributed by atoms with Gasteiger partial charge in [-0.2, -0.15) is 0 Å². The van der Waals surface area contributed by atoms with Crippen LogP contribution in [0.4, 0.5) is 5.69 Å². The molecule has 0 spiro atoms. The maximum atomic E-state index is 13.2. The van der Waals surface area contributed by atoms with E-state index in [-0.39, 0.29) is 11.3 Å². The van der Waals surface area contributed by atoms with Gasteiger partial charge in [-0.25, -0.2) is 4.79 Å². The summed E-state index contributed by atoms with van der Waals surface area (Å²) in [4.78, 5) is 38.3. The van der Waals surface area contributed by atoms with Gasteiger partial charge in [-0.1, -0.05) is 39.3 Å². The summed E-state index contributed by atoms with van der Waals surface area (Å²) in [7, 11) is 0. The third-order valence-electron chi connectivity index (χ3n) is 5.41. The molecular weight excluding hydrogens is 420 g/mol. The molecule has 0 aliphatic carbocycles. The number of fused-ring (bicyclic) bond motifs is 1. The van der Waals surface area contributed by atoms with Crippen molar-refractivity contribution in [2.45, 2.75) is 46.6 Å². The van der Waals surface area contributed by atoms with Gasteiger partial charge in [0.2, 0.25) is 0 Å². The minimum atomic E-state index is -0.708. The van der Waals surface area contributed by atoms with E-state index in [2.05, 4.69) is 19.2 Å². The molecule has 0 unspecified atom stereocenters. The van der Waals surface area contributed by atoms with Crippen molar-refractivity contribution in [3.05, 3.63) is 70.0 Å². The first-order valence-electron chi connectivity index (χ1n) is 11.3. The van der Waals surface area contributed by atoms with Crippen molar-refractivity contribution < 1.29 is 19.4 Å². The number of benzene rings is 2. The van der Waals surface area contributed by atoms with Gasteiger partial charge in [0.1, 0.15) is 11.3 Å². The highest BCUT2D eigenvalue weighted by Crippen LogP contribution is 2.27. The number of anilines is 1. The smallest absolute Gasteiger partial charge is 0.338 e.